The number of rotatable bonds is 15. The maximum Gasteiger partial charge on any atom is 0.326 e. The first-order valence-electron chi connectivity index (χ1n) is 12.0. The zero-order valence-electron chi connectivity index (χ0n) is 21.2. The predicted molar refractivity (Wildman–Crippen MR) is 133 cm³/mol. The van der Waals surface area contributed by atoms with Gasteiger partial charge in [0.2, 0.25) is 17.7 Å². The van der Waals surface area contributed by atoms with Crippen molar-refractivity contribution in [2.75, 3.05) is 0 Å². The lowest BCUT2D eigenvalue weighted by molar-refractivity contribution is -0.142. The number of hydrogen-bond acceptors (Lipinski definition) is 6. The van der Waals surface area contributed by atoms with Crippen LogP contribution in [0.25, 0.3) is 0 Å². The van der Waals surface area contributed by atoms with Crippen LogP contribution in [0.3, 0.4) is 0 Å². The zero-order valence-corrected chi connectivity index (χ0v) is 21.2. The van der Waals surface area contributed by atoms with E-state index in [1.54, 1.807) is 51.1 Å². The smallest absolute Gasteiger partial charge is 0.326 e. The van der Waals surface area contributed by atoms with Gasteiger partial charge in [-0.25, -0.2) is 4.79 Å². The summed E-state index contributed by atoms with van der Waals surface area (Å²) in [6.07, 6.45) is 0.205. The average Bonchev–Trinajstić information content (AvgIpc) is 2.83. The van der Waals surface area contributed by atoms with Gasteiger partial charge in [-0.05, 0) is 23.8 Å². The lowest BCUT2D eigenvalue weighted by atomic mass is 9.95. The molecule has 0 saturated heterocycles. The molecule has 11 nitrogen and oxygen atoms in total. The first-order valence-corrected chi connectivity index (χ1v) is 12.0. The van der Waals surface area contributed by atoms with Gasteiger partial charge in [0, 0.05) is 12.8 Å². The largest absolute Gasteiger partial charge is 0.481 e. The van der Waals surface area contributed by atoms with Gasteiger partial charge in [0.15, 0.2) is 0 Å². The number of carbonyl (C=O) groups is 5. The molecule has 0 aliphatic carbocycles. The zero-order chi connectivity index (χ0) is 27.4. The molecule has 36 heavy (non-hydrogen) atoms. The Morgan fingerprint density at radius 1 is 0.861 bits per heavy atom. The van der Waals surface area contributed by atoms with Crippen molar-refractivity contribution in [2.45, 2.75) is 77.5 Å². The van der Waals surface area contributed by atoms with Crippen LogP contribution in [0.15, 0.2) is 30.3 Å². The van der Waals surface area contributed by atoms with Crippen molar-refractivity contribution in [1.29, 1.82) is 0 Å². The van der Waals surface area contributed by atoms with Gasteiger partial charge in [0.25, 0.3) is 0 Å². The van der Waals surface area contributed by atoms with E-state index in [0.717, 1.165) is 5.56 Å². The molecule has 0 spiro atoms. The molecular formula is C25H38N4O7. The summed E-state index contributed by atoms with van der Waals surface area (Å²) >= 11 is 0. The minimum atomic E-state index is -1.20. The van der Waals surface area contributed by atoms with Crippen molar-refractivity contribution in [3.63, 3.8) is 0 Å². The van der Waals surface area contributed by atoms with Crippen LogP contribution in [0, 0.1) is 11.8 Å². The highest BCUT2D eigenvalue weighted by Gasteiger charge is 2.33. The number of carboxylic acid groups (broad SMARTS) is 2. The Morgan fingerprint density at radius 2 is 1.42 bits per heavy atom. The summed E-state index contributed by atoms with van der Waals surface area (Å²) < 4.78 is 0. The fourth-order valence-electron chi connectivity index (χ4n) is 3.46. The van der Waals surface area contributed by atoms with E-state index in [-0.39, 0.29) is 31.1 Å². The molecule has 1 rings (SSSR count). The first-order chi connectivity index (χ1) is 16.9. The summed E-state index contributed by atoms with van der Waals surface area (Å²) in [6, 6.07) is 4.47. The SMILES string of the molecule is CCC(C)C(NC(=O)C(NC(=O)C(N)CCC(=O)O)C(C)C)C(=O)NC(Cc1ccccc1)C(=O)O. The highest BCUT2D eigenvalue weighted by molar-refractivity contribution is 5.94. The van der Waals surface area contributed by atoms with Crippen LogP contribution >= 0.6 is 0 Å². The minimum absolute atomic E-state index is 0.0714. The molecule has 0 aromatic heterocycles. The van der Waals surface area contributed by atoms with E-state index in [1.807, 2.05) is 6.92 Å². The van der Waals surface area contributed by atoms with E-state index in [9.17, 15) is 29.1 Å². The van der Waals surface area contributed by atoms with Gasteiger partial charge in [-0.3, -0.25) is 19.2 Å². The highest BCUT2D eigenvalue weighted by Crippen LogP contribution is 2.12. The third kappa shape index (κ3) is 10.0. The Morgan fingerprint density at radius 3 is 1.92 bits per heavy atom. The van der Waals surface area contributed by atoms with E-state index in [4.69, 9.17) is 10.8 Å². The van der Waals surface area contributed by atoms with Gasteiger partial charge in [-0.15, -0.1) is 0 Å². The molecule has 200 valence electrons. The maximum atomic E-state index is 13.1. The quantitative estimate of drug-likeness (QED) is 0.200. The van der Waals surface area contributed by atoms with Gasteiger partial charge in [-0.2, -0.15) is 0 Å². The number of hydrogen-bond donors (Lipinski definition) is 6. The third-order valence-electron chi connectivity index (χ3n) is 5.94. The topological polar surface area (TPSA) is 188 Å². The molecule has 3 amide bonds. The summed E-state index contributed by atoms with van der Waals surface area (Å²) in [5.41, 5.74) is 6.49. The number of nitrogens with one attached hydrogen (secondary N) is 3. The van der Waals surface area contributed by atoms with Crippen LogP contribution in [0.4, 0.5) is 0 Å². The molecule has 0 bridgehead atoms. The van der Waals surface area contributed by atoms with Crippen molar-refractivity contribution in [3.05, 3.63) is 35.9 Å². The van der Waals surface area contributed by atoms with Gasteiger partial charge < -0.3 is 31.9 Å². The number of benzene rings is 1. The van der Waals surface area contributed by atoms with E-state index in [0.29, 0.717) is 6.42 Å². The van der Waals surface area contributed by atoms with E-state index in [1.165, 1.54) is 0 Å². The molecule has 0 saturated carbocycles. The molecular weight excluding hydrogens is 468 g/mol. The summed E-state index contributed by atoms with van der Waals surface area (Å²) in [5.74, 6) is -4.95. The molecule has 11 heteroatoms. The van der Waals surface area contributed by atoms with Crippen molar-refractivity contribution < 1.29 is 34.2 Å². The Labute approximate surface area is 211 Å². The molecule has 0 heterocycles. The molecule has 1 aromatic carbocycles. The van der Waals surface area contributed by atoms with E-state index >= 15 is 0 Å². The van der Waals surface area contributed by atoms with Crippen LogP contribution < -0.4 is 21.7 Å². The molecule has 7 N–H and O–H groups in total. The Kier molecular flexibility index (Phi) is 12.6. The van der Waals surface area contributed by atoms with Crippen LogP contribution in [0.5, 0.6) is 0 Å². The number of carbonyl (C=O) groups excluding carboxylic acids is 3. The van der Waals surface area contributed by atoms with Gasteiger partial charge in [0.05, 0.1) is 6.04 Å². The monoisotopic (exact) mass is 506 g/mol. The second kappa shape index (κ2) is 14.8. The van der Waals surface area contributed by atoms with Crippen LogP contribution in [0.2, 0.25) is 0 Å². The number of amides is 3. The Balaban J connectivity index is 2.97. The Bertz CT molecular complexity index is 907. The van der Waals surface area contributed by atoms with Crippen molar-refractivity contribution in [2.24, 2.45) is 17.6 Å². The van der Waals surface area contributed by atoms with Crippen molar-refractivity contribution in [3.8, 4) is 0 Å². The van der Waals surface area contributed by atoms with Gasteiger partial charge in [0.1, 0.15) is 18.1 Å². The normalized spacial score (nSPS) is 15.2. The summed E-state index contributed by atoms with van der Waals surface area (Å²) in [7, 11) is 0. The third-order valence-corrected chi connectivity index (χ3v) is 5.94. The van der Waals surface area contributed by atoms with Crippen LogP contribution in [-0.4, -0.2) is 64.0 Å². The van der Waals surface area contributed by atoms with Gasteiger partial charge >= 0.3 is 11.9 Å². The van der Waals surface area contributed by atoms with Crippen molar-refractivity contribution in [1.82, 2.24) is 16.0 Å². The summed E-state index contributed by atoms with van der Waals surface area (Å²) in [6.45, 7) is 6.99. The first kappa shape index (κ1) is 30.6. The van der Waals surface area contributed by atoms with E-state index in [2.05, 4.69) is 16.0 Å². The van der Waals surface area contributed by atoms with Gasteiger partial charge in [-0.1, -0.05) is 64.4 Å². The van der Waals surface area contributed by atoms with Crippen LogP contribution in [0.1, 0.15) is 52.5 Å². The fourth-order valence-corrected chi connectivity index (χ4v) is 3.46. The molecule has 0 radical (unpaired) electrons. The molecule has 0 fully saturated rings. The predicted octanol–water partition coefficient (Wildman–Crippen LogP) is 0.662. The molecule has 5 atom stereocenters. The summed E-state index contributed by atoms with van der Waals surface area (Å²) in [5, 5.41) is 26.1. The standard InChI is InChI=1S/C25H38N4O7/c1-5-15(4)21(24(34)27-18(25(35)36)13-16-9-7-6-8-10-16)29-23(33)20(14(2)3)28-22(32)17(26)11-12-19(30)31/h6-10,14-15,17-18,20-21H,5,11-13,26H2,1-4H3,(H,27,34)(H,28,32)(H,29,33)(H,30,31)(H,35,36). The molecule has 5 unspecified atom stereocenters. The lowest BCUT2D eigenvalue weighted by Gasteiger charge is -2.29. The molecule has 0 aliphatic heterocycles. The van der Waals surface area contributed by atoms with Crippen LogP contribution in [-0.2, 0) is 30.4 Å². The number of nitrogens with two attached hydrogens (primary N) is 1. The minimum Gasteiger partial charge on any atom is -0.481 e. The second-order valence-corrected chi connectivity index (χ2v) is 9.23. The number of carboxylic acids is 2. The second-order valence-electron chi connectivity index (χ2n) is 9.23. The average molecular weight is 507 g/mol. The molecule has 0 aliphatic rings. The summed E-state index contributed by atoms with van der Waals surface area (Å²) in [4.78, 5) is 61.2. The fraction of sp³-hybridized carbons (Fsp3) is 0.560. The Hall–Kier alpha value is -3.47. The highest BCUT2D eigenvalue weighted by atomic mass is 16.4. The maximum absolute atomic E-state index is 13.1. The molecule has 1 aromatic rings. The van der Waals surface area contributed by atoms with Crippen molar-refractivity contribution >= 4 is 29.7 Å². The number of aliphatic carboxylic acids is 2. The lowest BCUT2D eigenvalue weighted by Crippen LogP contribution is -2.60. The van der Waals surface area contributed by atoms with E-state index < -0.39 is 53.8 Å².